The Hall–Kier alpha value is -3.69. The van der Waals surface area contributed by atoms with Crippen molar-refractivity contribution in [2.45, 2.75) is 53.3 Å². The molecule has 0 bridgehead atoms. The average molecular weight is 529 g/mol. The largest absolute Gasteiger partial charge is 0.454 e. The van der Waals surface area contributed by atoms with Crippen LogP contribution >= 0.6 is 0 Å². The molecule has 2 aromatic heterocycles. The maximum Gasteiger partial charge on any atom is 0.216 e. The summed E-state index contributed by atoms with van der Waals surface area (Å²) in [6.45, 7) is 16.1. The molecular formula is C36H38NOSi+. The predicted octanol–water partition coefficient (Wildman–Crippen LogP) is 9.18. The summed E-state index contributed by atoms with van der Waals surface area (Å²) >= 11 is 0. The lowest BCUT2D eigenvalue weighted by Crippen LogP contribution is -2.38. The zero-order chi connectivity index (χ0) is 27.6. The number of pyridine rings is 1. The van der Waals surface area contributed by atoms with Gasteiger partial charge in [-0.05, 0) is 60.2 Å². The minimum absolute atomic E-state index is 0.513. The van der Waals surface area contributed by atoms with Gasteiger partial charge in [-0.2, -0.15) is 4.57 Å². The monoisotopic (exact) mass is 528 g/mol. The van der Waals surface area contributed by atoms with Gasteiger partial charge in [-0.15, -0.1) is 0 Å². The van der Waals surface area contributed by atoms with E-state index in [9.17, 15) is 0 Å². The Labute approximate surface area is 232 Å². The Morgan fingerprint density at radius 2 is 1.51 bits per heavy atom. The number of rotatable bonds is 4. The number of hydrogen-bond acceptors (Lipinski definition) is 1. The maximum absolute atomic E-state index is 6.86. The summed E-state index contributed by atoms with van der Waals surface area (Å²) in [6.07, 6.45) is 0. The standard InChI is InChI=1S/C36H38NOSi/c1-22(2)25-12-14-26(15-13-25)29-10-9-11-30-31-20-23(3)24(4)34(36(31)38-35(29)30)33-18-16-27-21-28(39(6,7)8)17-19-32(27)37(33)5/h9-22H,1-8H3/q+1. The van der Waals surface area contributed by atoms with Crippen molar-refractivity contribution in [2.24, 2.45) is 7.05 Å². The summed E-state index contributed by atoms with van der Waals surface area (Å²) in [5.41, 5.74) is 11.7. The molecule has 0 fully saturated rings. The quantitative estimate of drug-likeness (QED) is 0.165. The number of furan rings is 1. The number of aryl methyl sites for hydroxylation is 2. The molecular weight excluding hydrogens is 490 g/mol. The normalized spacial score (nSPS) is 12.3. The van der Waals surface area contributed by atoms with Gasteiger partial charge < -0.3 is 4.42 Å². The summed E-state index contributed by atoms with van der Waals surface area (Å²) in [6, 6.07) is 29.3. The van der Waals surface area contributed by atoms with Gasteiger partial charge >= 0.3 is 0 Å². The van der Waals surface area contributed by atoms with Gasteiger partial charge in [-0.25, -0.2) is 0 Å². The second-order valence-electron chi connectivity index (χ2n) is 12.4. The number of nitrogens with zero attached hydrogens (tertiary/aromatic N) is 1. The Bertz CT molecular complexity index is 1890. The zero-order valence-corrected chi connectivity index (χ0v) is 25.4. The van der Waals surface area contributed by atoms with E-state index in [2.05, 4.69) is 138 Å². The number of aromatic nitrogens is 1. The minimum Gasteiger partial charge on any atom is -0.454 e. The van der Waals surface area contributed by atoms with Crippen LogP contribution in [0.25, 0.3) is 55.2 Å². The first-order valence-electron chi connectivity index (χ1n) is 14.0. The van der Waals surface area contributed by atoms with E-state index >= 15 is 0 Å². The fraction of sp³-hybridized carbons (Fsp3) is 0.250. The molecule has 3 heteroatoms. The van der Waals surface area contributed by atoms with Crippen molar-refractivity contribution >= 4 is 46.1 Å². The molecule has 2 heterocycles. The third-order valence-corrected chi connectivity index (χ3v) is 10.5. The maximum atomic E-state index is 6.86. The summed E-state index contributed by atoms with van der Waals surface area (Å²) in [7, 11) is 0.801. The third-order valence-electron chi connectivity index (χ3n) is 8.49. The first-order chi connectivity index (χ1) is 18.5. The van der Waals surface area contributed by atoms with E-state index in [1.807, 2.05) is 0 Å². The van der Waals surface area contributed by atoms with Crippen LogP contribution in [0.3, 0.4) is 0 Å². The molecule has 39 heavy (non-hydrogen) atoms. The topological polar surface area (TPSA) is 17.0 Å². The Kier molecular flexibility index (Phi) is 6.04. The number of para-hydroxylation sites is 1. The summed E-state index contributed by atoms with van der Waals surface area (Å²) in [5.74, 6) is 0.513. The van der Waals surface area contributed by atoms with Crippen molar-refractivity contribution in [3.05, 3.63) is 95.6 Å². The van der Waals surface area contributed by atoms with E-state index in [4.69, 9.17) is 4.42 Å². The fourth-order valence-corrected chi connectivity index (χ4v) is 7.04. The fourth-order valence-electron chi connectivity index (χ4n) is 5.86. The minimum atomic E-state index is -1.38. The molecule has 0 N–H and O–H groups in total. The SMILES string of the molecule is Cc1cc2c(oc3c(-c4ccc(C(C)C)cc4)cccc32)c(-c2ccc3cc([Si](C)(C)C)ccc3[n+]2C)c1C. The number of benzene rings is 4. The van der Waals surface area contributed by atoms with Crippen LogP contribution in [0.1, 0.15) is 36.5 Å². The van der Waals surface area contributed by atoms with Crippen LogP contribution in [0.4, 0.5) is 0 Å². The summed E-state index contributed by atoms with van der Waals surface area (Å²) in [4.78, 5) is 0. The van der Waals surface area contributed by atoms with Crippen molar-refractivity contribution < 1.29 is 8.98 Å². The number of hydrogen-bond donors (Lipinski definition) is 0. The van der Waals surface area contributed by atoms with Crippen LogP contribution in [-0.2, 0) is 7.05 Å². The molecule has 0 radical (unpaired) electrons. The first-order valence-corrected chi connectivity index (χ1v) is 17.5. The summed E-state index contributed by atoms with van der Waals surface area (Å²) in [5, 5.41) is 5.13. The van der Waals surface area contributed by atoms with Crippen molar-refractivity contribution in [2.75, 3.05) is 0 Å². The van der Waals surface area contributed by atoms with Gasteiger partial charge in [-0.1, -0.05) is 87.2 Å². The molecule has 0 aliphatic heterocycles. The molecule has 6 rings (SSSR count). The van der Waals surface area contributed by atoms with E-state index in [0.717, 1.165) is 16.7 Å². The zero-order valence-electron chi connectivity index (χ0n) is 24.4. The lowest BCUT2D eigenvalue weighted by Gasteiger charge is -2.17. The van der Waals surface area contributed by atoms with Gasteiger partial charge in [0, 0.05) is 33.9 Å². The van der Waals surface area contributed by atoms with Crippen LogP contribution in [-0.4, -0.2) is 8.07 Å². The third kappa shape index (κ3) is 4.20. The average Bonchev–Trinajstić information content (AvgIpc) is 3.27. The Morgan fingerprint density at radius 1 is 0.769 bits per heavy atom. The van der Waals surface area contributed by atoms with Gasteiger partial charge in [0.2, 0.25) is 11.2 Å². The van der Waals surface area contributed by atoms with Gasteiger partial charge in [0.15, 0.2) is 0 Å². The van der Waals surface area contributed by atoms with Gasteiger partial charge in [0.1, 0.15) is 18.2 Å². The Balaban J connectivity index is 1.60. The van der Waals surface area contributed by atoms with E-state index in [1.165, 1.54) is 60.4 Å². The van der Waals surface area contributed by atoms with E-state index in [0.29, 0.717) is 5.92 Å². The van der Waals surface area contributed by atoms with E-state index < -0.39 is 8.07 Å². The van der Waals surface area contributed by atoms with Crippen LogP contribution in [0.2, 0.25) is 19.6 Å². The lowest BCUT2D eigenvalue weighted by atomic mass is 9.95. The predicted molar refractivity (Wildman–Crippen MR) is 170 cm³/mol. The van der Waals surface area contributed by atoms with Gasteiger partial charge in [0.25, 0.3) is 0 Å². The van der Waals surface area contributed by atoms with Gasteiger partial charge in [0.05, 0.1) is 13.6 Å². The molecule has 2 nitrogen and oxygen atoms in total. The molecule has 0 atom stereocenters. The van der Waals surface area contributed by atoms with E-state index in [-0.39, 0.29) is 0 Å². The first kappa shape index (κ1) is 25.6. The smallest absolute Gasteiger partial charge is 0.216 e. The number of fused-ring (bicyclic) bond motifs is 4. The molecule has 0 amide bonds. The molecule has 6 aromatic rings. The molecule has 0 aliphatic rings. The highest BCUT2D eigenvalue weighted by Gasteiger charge is 2.25. The second kappa shape index (κ2) is 9.20. The second-order valence-corrected chi connectivity index (χ2v) is 17.5. The van der Waals surface area contributed by atoms with Crippen molar-refractivity contribution in [3.8, 4) is 22.4 Å². The molecule has 196 valence electrons. The van der Waals surface area contributed by atoms with Crippen LogP contribution < -0.4 is 9.75 Å². The van der Waals surface area contributed by atoms with Crippen molar-refractivity contribution in [3.63, 3.8) is 0 Å². The molecule has 0 unspecified atom stereocenters. The van der Waals surface area contributed by atoms with Crippen LogP contribution in [0.5, 0.6) is 0 Å². The highest BCUT2D eigenvalue weighted by atomic mass is 28.3. The molecule has 4 aromatic carbocycles. The molecule has 0 spiro atoms. The molecule has 0 aliphatic carbocycles. The Morgan fingerprint density at radius 3 is 2.21 bits per heavy atom. The lowest BCUT2D eigenvalue weighted by molar-refractivity contribution is -0.633. The van der Waals surface area contributed by atoms with Crippen molar-refractivity contribution in [1.29, 1.82) is 0 Å². The molecule has 0 saturated carbocycles. The van der Waals surface area contributed by atoms with Crippen molar-refractivity contribution in [1.82, 2.24) is 0 Å². The van der Waals surface area contributed by atoms with Gasteiger partial charge in [-0.3, -0.25) is 0 Å². The molecule has 0 saturated heterocycles. The highest BCUT2D eigenvalue weighted by molar-refractivity contribution is 6.88. The van der Waals surface area contributed by atoms with Crippen LogP contribution in [0.15, 0.2) is 83.3 Å². The van der Waals surface area contributed by atoms with E-state index in [1.54, 1.807) is 0 Å². The highest BCUT2D eigenvalue weighted by Crippen LogP contribution is 2.42. The van der Waals surface area contributed by atoms with Crippen LogP contribution in [0, 0.1) is 13.8 Å². The summed E-state index contributed by atoms with van der Waals surface area (Å²) < 4.78 is 9.20.